The van der Waals surface area contributed by atoms with E-state index in [9.17, 15) is 13.2 Å². The van der Waals surface area contributed by atoms with Crippen LogP contribution < -0.4 is 0 Å². The second kappa shape index (κ2) is 3.62. The van der Waals surface area contributed by atoms with Crippen LogP contribution in [-0.2, 0) is 13.2 Å². The van der Waals surface area contributed by atoms with E-state index in [2.05, 4.69) is 9.97 Å². The Balaban J connectivity index is 2.48. The van der Waals surface area contributed by atoms with E-state index in [1.165, 1.54) is 24.0 Å². The summed E-state index contributed by atoms with van der Waals surface area (Å²) in [4.78, 5) is 7.36. The predicted molar refractivity (Wildman–Crippen MR) is 51.4 cm³/mol. The molecule has 6 heteroatoms. The van der Waals surface area contributed by atoms with Gasteiger partial charge in [0.05, 0.1) is 0 Å². The third-order valence-corrected chi connectivity index (χ3v) is 2.11. The molecule has 0 saturated carbocycles. The van der Waals surface area contributed by atoms with Gasteiger partial charge in [-0.15, -0.1) is 0 Å². The van der Waals surface area contributed by atoms with Gasteiger partial charge in [0.25, 0.3) is 0 Å². The summed E-state index contributed by atoms with van der Waals surface area (Å²) in [7, 11) is 1.53. The number of nitrogens with zero attached hydrogens (tertiary/aromatic N) is 3. The zero-order valence-electron chi connectivity index (χ0n) is 8.36. The zero-order valence-corrected chi connectivity index (χ0v) is 8.36. The Hall–Kier alpha value is -1.85. The maximum atomic E-state index is 12.4. The summed E-state index contributed by atoms with van der Waals surface area (Å²) >= 11 is 0. The molecular weight excluding hydrogens is 219 g/mol. The van der Waals surface area contributed by atoms with Gasteiger partial charge in [-0.05, 0) is 12.1 Å². The molecule has 3 nitrogen and oxygen atoms in total. The lowest BCUT2D eigenvalue weighted by atomic mass is 10.2. The van der Waals surface area contributed by atoms with Crippen LogP contribution in [0, 0.1) is 0 Å². The number of alkyl halides is 3. The first-order valence-corrected chi connectivity index (χ1v) is 4.49. The van der Waals surface area contributed by atoms with Crippen LogP contribution in [0.2, 0.25) is 0 Å². The van der Waals surface area contributed by atoms with Crippen LogP contribution in [0.5, 0.6) is 0 Å². The number of pyridine rings is 1. The molecule has 0 spiro atoms. The second-order valence-corrected chi connectivity index (χ2v) is 3.29. The summed E-state index contributed by atoms with van der Waals surface area (Å²) < 4.78 is 38.6. The van der Waals surface area contributed by atoms with E-state index in [0.717, 1.165) is 6.20 Å². The highest BCUT2D eigenvalue weighted by atomic mass is 19.4. The fourth-order valence-electron chi connectivity index (χ4n) is 1.37. The third-order valence-electron chi connectivity index (χ3n) is 2.11. The molecule has 0 aliphatic heterocycles. The van der Waals surface area contributed by atoms with Crippen molar-refractivity contribution in [3.8, 4) is 11.4 Å². The van der Waals surface area contributed by atoms with Crippen molar-refractivity contribution in [3.05, 3.63) is 36.4 Å². The number of aryl methyl sites for hydroxylation is 1. The van der Waals surface area contributed by atoms with Crippen molar-refractivity contribution >= 4 is 0 Å². The minimum Gasteiger partial charge on any atom is -0.333 e. The van der Waals surface area contributed by atoms with E-state index in [1.807, 2.05) is 0 Å². The number of imidazole rings is 1. The van der Waals surface area contributed by atoms with Gasteiger partial charge in [-0.2, -0.15) is 13.2 Å². The van der Waals surface area contributed by atoms with Crippen LogP contribution in [0.25, 0.3) is 11.4 Å². The highest BCUT2D eigenvalue weighted by Gasteiger charge is 2.34. The van der Waals surface area contributed by atoms with Crippen LogP contribution in [0.15, 0.2) is 30.7 Å². The number of halogens is 3. The number of hydrogen-bond acceptors (Lipinski definition) is 2. The maximum Gasteiger partial charge on any atom is 0.434 e. The van der Waals surface area contributed by atoms with Crippen molar-refractivity contribution in [1.29, 1.82) is 0 Å². The smallest absolute Gasteiger partial charge is 0.333 e. The number of aromatic nitrogens is 3. The van der Waals surface area contributed by atoms with E-state index in [1.54, 1.807) is 12.1 Å². The Bertz CT molecular complexity index is 488. The van der Waals surface area contributed by atoms with Gasteiger partial charge < -0.3 is 4.57 Å². The monoisotopic (exact) mass is 227 g/mol. The normalized spacial score (nSPS) is 11.8. The molecule has 0 saturated heterocycles. The molecule has 0 unspecified atom stereocenters. The first kappa shape index (κ1) is 10.7. The Morgan fingerprint density at radius 3 is 2.31 bits per heavy atom. The number of rotatable bonds is 1. The van der Waals surface area contributed by atoms with Crippen molar-refractivity contribution < 1.29 is 13.2 Å². The summed E-state index contributed by atoms with van der Waals surface area (Å²) in [5.41, 5.74) is -0.283. The van der Waals surface area contributed by atoms with Gasteiger partial charge in [0.2, 0.25) is 0 Å². The van der Waals surface area contributed by atoms with Crippen LogP contribution in [0.4, 0.5) is 13.2 Å². The van der Waals surface area contributed by atoms with Crippen LogP contribution in [-0.4, -0.2) is 14.5 Å². The van der Waals surface area contributed by atoms with Crippen molar-refractivity contribution in [2.45, 2.75) is 6.18 Å². The molecule has 0 fully saturated rings. The van der Waals surface area contributed by atoms with E-state index in [0.29, 0.717) is 5.56 Å². The average Bonchev–Trinajstić information content (AvgIpc) is 2.61. The molecule has 0 atom stereocenters. The maximum absolute atomic E-state index is 12.4. The van der Waals surface area contributed by atoms with Crippen molar-refractivity contribution in [3.63, 3.8) is 0 Å². The first-order chi connectivity index (χ1) is 7.48. The lowest BCUT2D eigenvalue weighted by molar-refractivity contribution is -0.140. The fraction of sp³-hybridized carbons (Fsp3) is 0.200. The summed E-state index contributed by atoms with van der Waals surface area (Å²) in [6.45, 7) is 0. The molecule has 0 aromatic carbocycles. The van der Waals surface area contributed by atoms with E-state index < -0.39 is 11.9 Å². The Morgan fingerprint density at radius 1 is 1.19 bits per heavy atom. The molecule has 2 aromatic rings. The van der Waals surface area contributed by atoms with E-state index >= 15 is 0 Å². The van der Waals surface area contributed by atoms with Crippen molar-refractivity contribution in [1.82, 2.24) is 14.5 Å². The van der Waals surface area contributed by atoms with E-state index in [-0.39, 0.29) is 5.82 Å². The molecule has 0 aliphatic carbocycles. The van der Waals surface area contributed by atoms with Crippen molar-refractivity contribution in [2.75, 3.05) is 0 Å². The molecule has 0 N–H and O–H groups in total. The van der Waals surface area contributed by atoms with Gasteiger partial charge in [0.15, 0.2) is 5.69 Å². The minimum atomic E-state index is -4.41. The van der Waals surface area contributed by atoms with Gasteiger partial charge in [0, 0.05) is 31.2 Å². The van der Waals surface area contributed by atoms with Gasteiger partial charge in [-0.1, -0.05) is 0 Å². The molecule has 2 rings (SSSR count). The Morgan fingerprint density at radius 2 is 1.81 bits per heavy atom. The summed E-state index contributed by atoms with van der Waals surface area (Å²) in [6.07, 6.45) is -0.423. The molecule has 16 heavy (non-hydrogen) atoms. The van der Waals surface area contributed by atoms with Crippen LogP contribution >= 0.6 is 0 Å². The van der Waals surface area contributed by atoms with Crippen LogP contribution in [0.3, 0.4) is 0 Å². The molecule has 0 radical (unpaired) electrons. The predicted octanol–water partition coefficient (Wildman–Crippen LogP) is 2.50. The Labute approximate surface area is 89.6 Å². The van der Waals surface area contributed by atoms with Gasteiger partial charge in [-0.25, -0.2) is 4.98 Å². The summed E-state index contributed by atoms with van der Waals surface area (Å²) in [5.74, 6) is 0.273. The Kier molecular flexibility index (Phi) is 2.41. The third kappa shape index (κ3) is 1.91. The first-order valence-electron chi connectivity index (χ1n) is 4.49. The lowest BCUT2D eigenvalue weighted by Gasteiger charge is -2.00. The van der Waals surface area contributed by atoms with Crippen molar-refractivity contribution in [2.24, 2.45) is 7.05 Å². The second-order valence-electron chi connectivity index (χ2n) is 3.29. The summed E-state index contributed by atoms with van der Waals surface area (Å²) in [5, 5.41) is 0. The standard InChI is InChI=1S/C10H8F3N3/c1-16-6-8(10(11,12)13)15-9(16)7-2-4-14-5-3-7/h2-6H,1H3. The quantitative estimate of drug-likeness (QED) is 0.749. The molecule has 0 aliphatic rings. The molecule has 0 amide bonds. The van der Waals surface area contributed by atoms with Gasteiger partial charge in [-0.3, -0.25) is 4.98 Å². The fourth-order valence-corrected chi connectivity index (χ4v) is 1.37. The molecular formula is C10H8F3N3. The van der Waals surface area contributed by atoms with Crippen LogP contribution in [0.1, 0.15) is 5.69 Å². The van der Waals surface area contributed by atoms with Gasteiger partial charge in [0.1, 0.15) is 5.82 Å². The molecule has 2 aromatic heterocycles. The topological polar surface area (TPSA) is 30.7 Å². The van der Waals surface area contributed by atoms with Gasteiger partial charge >= 0.3 is 6.18 Å². The molecule has 2 heterocycles. The van der Waals surface area contributed by atoms with E-state index in [4.69, 9.17) is 0 Å². The average molecular weight is 227 g/mol. The summed E-state index contributed by atoms with van der Waals surface area (Å²) in [6, 6.07) is 3.23. The highest BCUT2D eigenvalue weighted by Crippen LogP contribution is 2.30. The molecule has 84 valence electrons. The SMILES string of the molecule is Cn1cc(C(F)(F)F)nc1-c1ccncc1. The zero-order chi connectivity index (χ0) is 11.8. The highest BCUT2D eigenvalue weighted by molar-refractivity contribution is 5.54. The largest absolute Gasteiger partial charge is 0.434 e. The molecule has 0 bridgehead atoms. The number of hydrogen-bond donors (Lipinski definition) is 0. The minimum absolute atomic E-state index is 0.273. The lowest BCUT2D eigenvalue weighted by Crippen LogP contribution is -2.04.